The molecule has 3 heteroatoms. The normalized spacial score (nSPS) is 18.9. The summed E-state index contributed by atoms with van der Waals surface area (Å²) in [5, 5.41) is 2.86. The van der Waals surface area contributed by atoms with Crippen LogP contribution in [0.25, 0.3) is 0 Å². The van der Waals surface area contributed by atoms with E-state index in [9.17, 15) is 4.79 Å². The molecule has 1 aromatic rings. The number of hydrogen-bond donors (Lipinski definition) is 1. The molecule has 1 aromatic carbocycles. The fourth-order valence-corrected chi connectivity index (χ4v) is 1.62. The average Bonchev–Trinajstić information content (AvgIpc) is 3.09. The lowest BCUT2D eigenvalue weighted by molar-refractivity contribution is 0.0950. The highest BCUT2D eigenvalue weighted by atomic mass is 16.6. The number of amides is 1. The first-order valence-electron chi connectivity index (χ1n) is 5.97. The first kappa shape index (κ1) is 12.1. The monoisotopic (exact) mass is 233 g/mol. The number of carbonyl (C=O) groups is 1. The largest absolute Gasteiger partial charge is 0.371 e. The molecule has 92 valence electrons. The number of ether oxygens (including phenoxy) is 1. The number of epoxide rings is 1. The van der Waals surface area contributed by atoms with Crippen molar-refractivity contribution in [3.63, 3.8) is 0 Å². The number of carbonyl (C=O) groups excluding carboxylic acids is 1. The van der Waals surface area contributed by atoms with Crippen molar-refractivity contribution in [2.24, 2.45) is 0 Å². The van der Waals surface area contributed by atoms with Crippen molar-refractivity contribution >= 4 is 5.91 Å². The minimum absolute atomic E-state index is 0.0269. The summed E-state index contributed by atoms with van der Waals surface area (Å²) in [6.07, 6.45) is 0.229. The van der Waals surface area contributed by atoms with Gasteiger partial charge in [0, 0.05) is 12.1 Å². The maximum absolute atomic E-state index is 11.8. The Morgan fingerprint density at radius 3 is 2.41 bits per heavy atom. The van der Waals surface area contributed by atoms with E-state index in [2.05, 4.69) is 26.1 Å². The molecule has 1 unspecified atom stereocenters. The fourth-order valence-electron chi connectivity index (χ4n) is 1.62. The van der Waals surface area contributed by atoms with E-state index in [4.69, 9.17) is 4.74 Å². The van der Waals surface area contributed by atoms with Gasteiger partial charge < -0.3 is 10.1 Å². The SMILES string of the molecule is CC(C)(C)c1ccc(C(=O)NCC2CO2)cc1. The molecule has 0 aliphatic carbocycles. The van der Waals surface area contributed by atoms with Gasteiger partial charge in [-0.2, -0.15) is 0 Å². The van der Waals surface area contributed by atoms with Crippen LogP contribution in [0.3, 0.4) is 0 Å². The Labute approximate surface area is 102 Å². The van der Waals surface area contributed by atoms with Crippen LogP contribution in [0.1, 0.15) is 36.7 Å². The van der Waals surface area contributed by atoms with Crippen LogP contribution < -0.4 is 5.32 Å². The zero-order chi connectivity index (χ0) is 12.5. The van der Waals surface area contributed by atoms with Gasteiger partial charge in [-0.25, -0.2) is 0 Å². The zero-order valence-corrected chi connectivity index (χ0v) is 10.6. The molecule has 1 amide bonds. The number of nitrogens with one attached hydrogen (secondary N) is 1. The Morgan fingerprint density at radius 1 is 1.35 bits per heavy atom. The average molecular weight is 233 g/mol. The summed E-state index contributed by atoms with van der Waals surface area (Å²) < 4.78 is 5.04. The minimum Gasteiger partial charge on any atom is -0.371 e. The van der Waals surface area contributed by atoms with Crippen molar-refractivity contribution < 1.29 is 9.53 Å². The van der Waals surface area contributed by atoms with Crippen molar-refractivity contribution in [2.75, 3.05) is 13.2 Å². The third kappa shape index (κ3) is 3.30. The Morgan fingerprint density at radius 2 is 1.94 bits per heavy atom. The first-order valence-corrected chi connectivity index (χ1v) is 5.97. The summed E-state index contributed by atoms with van der Waals surface area (Å²) >= 11 is 0. The van der Waals surface area contributed by atoms with E-state index >= 15 is 0 Å². The van der Waals surface area contributed by atoms with Gasteiger partial charge in [0.1, 0.15) is 0 Å². The van der Waals surface area contributed by atoms with Crippen LogP contribution in [0.2, 0.25) is 0 Å². The van der Waals surface area contributed by atoms with E-state index in [0.717, 1.165) is 6.61 Å². The van der Waals surface area contributed by atoms with Crippen molar-refractivity contribution in [1.29, 1.82) is 0 Å². The molecule has 0 saturated carbocycles. The molecule has 1 atom stereocenters. The molecular formula is C14H19NO2. The van der Waals surface area contributed by atoms with Crippen molar-refractivity contribution in [3.05, 3.63) is 35.4 Å². The van der Waals surface area contributed by atoms with Gasteiger partial charge in [0.25, 0.3) is 5.91 Å². The van der Waals surface area contributed by atoms with Gasteiger partial charge in [-0.1, -0.05) is 32.9 Å². The number of rotatable bonds is 3. The van der Waals surface area contributed by atoms with Gasteiger partial charge in [-0.15, -0.1) is 0 Å². The summed E-state index contributed by atoms with van der Waals surface area (Å²) in [5.74, 6) is -0.0269. The van der Waals surface area contributed by atoms with Crippen LogP contribution in [-0.4, -0.2) is 25.2 Å². The molecule has 3 nitrogen and oxygen atoms in total. The predicted octanol–water partition coefficient (Wildman–Crippen LogP) is 2.11. The quantitative estimate of drug-likeness (QED) is 0.812. The third-order valence-electron chi connectivity index (χ3n) is 2.91. The Kier molecular flexibility index (Phi) is 3.20. The van der Waals surface area contributed by atoms with Gasteiger partial charge in [0.15, 0.2) is 0 Å². The van der Waals surface area contributed by atoms with Crippen molar-refractivity contribution in [2.45, 2.75) is 32.3 Å². The highest BCUT2D eigenvalue weighted by Crippen LogP contribution is 2.22. The van der Waals surface area contributed by atoms with Crippen molar-refractivity contribution in [1.82, 2.24) is 5.32 Å². The van der Waals surface area contributed by atoms with Crippen LogP contribution in [0.5, 0.6) is 0 Å². The first-order chi connectivity index (χ1) is 7.97. The molecule has 1 N–H and O–H groups in total. The molecule has 0 bridgehead atoms. The second-order valence-electron chi connectivity index (χ2n) is 5.49. The van der Waals surface area contributed by atoms with Crippen molar-refractivity contribution in [3.8, 4) is 0 Å². The van der Waals surface area contributed by atoms with E-state index in [1.165, 1.54) is 5.56 Å². The van der Waals surface area contributed by atoms with E-state index in [1.54, 1.807) is 0 Å². The summed E-state index contributed by atoms with van der Waals surface area (Å²) in [4.78, 5) is 11.8. The molecule has 1 fully saturated rings. The number of benzene rings is 1. The lowest BCUT2D eigenvalue weighted by Gasteiger charge is -2.19. The van der Waals surface area contributed by atoms with Gasteiger partial charge in [0.2, 0.25) is 0 Å². The summed E-state index contributed by atoms with van der Waals surface area (Å²) in [6.45, 7) is 7.86. The molecule has 1 saturated heterocycles. The summed E-state index contributed by atoms with van der Waals surface area (Å²) in [7, 11) is 0. The topological polar surface area (TPSA) is 41.6 Å². The standard InChI is InChI=1S/C14H19NO2/c1-14(2,3)11-6-4-10(5-7-11)13(16)15-8-12-9-17-12/h4-7,12H,8-9H2,1-3H3,(H,15,16). The minimum atomic E-state index is -0.0269. The molecular weight excluding hydrogens is 214 g/mol. The van der Waals surface area contributed by atoms with Gasteiger partial charge in [-0.05, 0) is 23.1 Å². The van der Waals surface area contributed by atoms with Crippen LogP contribution in [0.15, 0.2) is 24.3 Å². The van der Waals surface area contributed by atoms with Crippen LogP contribution in [0.4, 0.5) is 0 Å². The molecule has 17 heavy (non-hydrogen) atoms. The molecule has 0 radical (unpaired) electrons. The molecule has 0 aromatic heterocycles. The Bertz CT molecular complexity index is 399. The number of hydrogen-bond acceptors (Lipinski definition) is 2. The second-order valence-corrected chi connectivity index (χ2v) is 5.49. The molecule has 1 aliphatic rings. The van der Waals surface area contributed by atoms with Gasteiger partial charge in [0.05, 0.1) is 12.7 Å². The zero-order valence-electron chi connectivity index (χ0n) is 10.6. The van der Waals surface area contributed by atoms with Crippen LogP contribution >= 0.6 is 0 Å². The van der Waals surface area contributed by atoms with Gasteiger partial charge >= 0.3 is 0 Å². The Balaban J connectivity index is 1.98. The van der Waals surface area contributed by atoms with E-state index < -0.39 is 0 Å². The Hall–Kier alpha value is -1.35. The molecule has 1 aliphatic heterocycles. The second kappa shape index (κ2) is 4.49. The van der Waals surface area contributed by atoms with E-state index in [1.807, 2.05) is 24.3 Å². The summed E-state index contributed by atoms with van der Waals surface area (Å²) in [6, 6.07) is 7.79. The highest BCUT2D eigenvalue weighted by Gasteiger charge is 2.23. The lowest BCUT2D eigenvalue weighted by Crippen LogP contribution is -2.27. The maximum Gasteiger partial charge on any atom is 0.251 e. The van der Waals surface area contributed by atoms with E-state index in [-0.39, 0.29) is 17.4 Å². The molecule has 1 heterocycles. The molecule has 2 rings (SSSR count). The van der Waals surface area contributed by atoms with E-state index in [0.29, 0.717) is 12.1 Å². The highest BCUT2D eigenvalue weighted by molar-refractivity contribution is 5.94. The van der Waals surface area contributed by atoms with Gasteiger partial charge in [-0.3, -0.25) is 4.79 Å². The fraction of sp³-hybridized carbons (Fsp3) is 0.500. The smallest absolute Gasteiger partial charge is 0.251 e. The molecule has 0 spiro atoms. The summed E-state index contributed by atoms with van der Waals surface area (Å²) in [5.41, 5.74) is 2.06. The maximum atomic E-state index is 11.8. The predicted molar refractivity (Wildman–Crippen MR) is 67.2 cm³/mol. The third-order valence-corrected chi connectivity index (χ3v) is 2.91. The van der Waals surface area contributed by atoms with Crippen LogP contribution in [-0.2, 0) is 10.2 Å². The lowest BCUT2D eigenvalue weighted by atomic mass is 9.87. The van der Waals surface area contributed by atoms with Crippen LogP contribution in [0, 0.1) is 0 Å².